The number of carbonyl (C=O) groups excluding carboxylic acids is 2. The Labute approximate surface area is 169 Å². The molecule has 3 rings (SSSR count). The second-order valence-electron chi connectivity index (χ2n) is 6.86. The predicted octanol–water partition coefficient (Wildman–Crippen LogP) is 2.45. The smallest absolute Gasteiger partial charge is 0.253 e. The molecule has 2 aromatic rings. The zero-order valence-corrected chi connectivity index (χ0v) is 17.0. The third-order valence-electron chi connectivity index (χ3n) is 4.86. The summed E-state index contributed by atoms with van der Waals surface area (Å²) in [5, 5.41) is 8.09. The van der Waals surface area contributed by atoms with E-state index in [4.69, 9.17) is 4.74 Å². The molecular weight excluding hydrogens is 374 g/mol. The van der Waals surface area contributed by atoms with Crippen LogP contribution in [0.5, 0.6) is 0 Å². The Morgan fingerprint density at radius 2 is 1.96 bits per heavy atom. The number of methoxy groups -OCH3 is 1. The van der Waals surface area contributed by atoms with Crippen LogP contribution in [0.15, 0.2) is 41.8 Å². The van der Waals surface area contributed by atoms with E-state index in [-0.39, 0.29) is 24.5 Å². The number of hydrogen-bond acceptors (Lipinski definition) is 5. The van der Waals surface area contributed by atoms with Gasteiger partial charge in [0.05, 0.1) is 5.56 Å². The molecule has 6 nitrogen and oxygen atoms in total. The molecule has 0 bridgehead atoms. The Bertz CT molecular complexity index is 771. The average molecular weight is 402 g/mol. The molecule has 2 N–H and O–H groups in total. The maximum absolute atomic E-state index is 12.7. The normalized spacial score (nSPS) is 14.7. The number of carbonyl (C=O) groups is 2. The van der Waals surface area contributed by atoms with E-state index in [0.717, 1.165) is 38.0 Å². The van der Waals surface area contributed by atoms with Gasteiger partial charge in [0, 0.05) is 43.4 Å². The molecule has 150 valence electrons. The fourth-order valence-electron chi connectivity index (χ4n) is 3.46. The molecule has 28 heavy (non-hydrogen) atoms. The molecule has 2 amide bonds. The lowest BCUT2D eigenvalue weighted by atomic mass is 10.0. The highest BCUT2D eigenvalue weighted by Gasteiger charge is 2.23. The van der Waals surface area contributed by atoms with Crippen LogP contribution in [-0.4, -0.2) is 51.2 Å². The van der Waals surface area contributed by atoms with Crippen molar-refractivity contribution in [2.24, 2.45) is 0 Å². The summed E-state index contributed by atoms with van der Waals surface area (Å²) in [6, 6.07) is 12.0. The lowest BCUT2D eigenvalue weighted by Crippen LogP contribution is -2.46. The largest absolute Gasteiger partial charge is 0.375 e. The molecule has 0 unspecified atom stereocenters. The first-order valence-corrected chi connectivity index (χ1v) is 10.5. The van der Waals surface area contributed by atoms with Gasteiger partial charge in [0.15, 0.2) is 0 Å². The van der Waals surface area contributed by atoms with Crippen LogP contribution in [0.1, 0.15) is 28.1 Å². The Morgan fingerprint density at radius 1 is 1.18 bits per heavy atom. The molecular formula is C21H27N3O3S. The molecule has 1 aliphatic rings. The minimum Gasteiger partial charge on any atom is -0.375 e. The number of nitrogens with zero attached hydrogens (tertiary/aromatic N) is 1. The summed E-state index contributed by atoms with van der Waals surface area (Å²) in [5.74, 6) is -0.117. The van der Waals surface area contributed by atoms with E-state index in [1.165, 1.54) is 12.0 Å². The van der Waals surface area contributed by atoms with Crippen molar-refractivity contribution in [3.8, 4) is 0 Å². The van der Waals surface area contributed by atoms with Gasteiger partial charge in [-0.1, -0.05) is 18.2 Å². The zero-order chi connectivity index (χ0) is 19.8. The van der Waals surface area contributed by atoms with Crippen molar-refractivity contribution in [3.05, 3.63) is 52.2 Å². The van der Waals surface area contributed by atoms with Gasteiger partial charge in [0.2, 0.25) is 5.91 Å². The highest BCUT2D eigenvalue weighted by Crippen LogP contribution is 2.24. The molecule has 1 aliphatic heterocycles. The molecule has 1 fully saturated rings. The molecule has 2 heterocycles. The number of para-hydroxylation sites is 1. The van der Waals surface area contributed by atoms with E-state index < -0.39 is 0 Å². The summed E-state index contributed by atoms with van der Waals surface area (Å²) in [7, 11) is 1.52. The second-order valence-corrected chi connectivity index (χ2v) is 7.90. The van der Waals surface area contributed by atoms with Crippen molar-refractivity contribution < 1.29 is 14.3 Å². The zero-order valence-electron chi connectivity index (χ0n) is 16.1. The van der Waals surface area contributed by atoms with Crippen molar-refractivity contribution in [1.82, 2.24) is 10.6 Å². The molecule has 1 aromatic carbocycles. The molecule has 0 atom stereocenters. The number of nitrogens with one attached hydrogen (secondary N) is 2. The molecule has 0 aliphatic carbocycles. The fourth-order valence-corrected chi connectivity index (χ4v) is 4.16. The molecule has 0 spiro atoms. The molecule has 1 saturated heterocycles. The van der Waals surface area contributed by atoms with Crippen molar-refractivity contribution in [2.75, 3.05) is 38.3 Å². The first-order chi connectivity index (χ1) is 13.7. The van der Waals surface area contributed by atoms with E-state index in [1.807, 2.05) is 35.7 Å². The molecule has 0 saturated carbocycles. The van der Waals surface area contributed by atoms with Crippen LogP contribution < -0.4 is 15.5 Å². The van der Waals surface area contributed by atoms with Gasteiger partial charge in [0.1, 0.15) is 6.61 Å². The van der Waals surface area contributed by atoms with Gasteiger partial charge in [-0.05, 0) is 42.8 Å². The fraction of sp³-hybridized carbons (Fsp3) is 0.429. The van der Waals surface area contributed by atoms with Crippen LogP contribution in [0, 0.1) is 0 Å². The van der Waals surface area contributed by atoms with Gasteiger partial charge in [-0.2, -0.15) is 0 Å². The van der Waals surface area contributed by atoms with Crippen molar-refractivity contribution in [3.63, 3.8) is 0 Å². The maximum atomic E-state index is 12.7. The predicted molar refractivity (Wildman–Crippen MR) is 112 cm³/mol. The summed E-state index contributed by atoms with van der Waals surface area (Å²) in [6.07, 6.45) is 2.55. The van der Waals surface area contributed by atoms with E-state index in [1.54, 1.807) is 11.3 Å². The van der Waals surface area contributed by atoms with E-state index in [2.05, 4.69) is 21.6 Å². The number of thiophene rings is 1. The van der Waals surface area contributed by atoms with Crippen LogP contribution >= 0.6 is 11.3 Å². The van der Waals surface area contributed by atoms with E-state index >= 15 is 0 Å². The van der Waals surface area contributed by atoms with Crippen LogP contribution in [0.25, 0.3) is 0 Å². The summed E-state index contributed by atoms with van der Waals surface area (Å²) >= 11 is 1.71. The number of piperidine rings is 1. The van der Waals surface area contributed by atoms with Crippen molar-refractivity contribution in [2.45, 2.75) is 25.3 Å². The third kappa shape index (κ3) is 5.56. The van der Waals surface area contributed by atoms with Crippen molar-refractivity contribution >= 4 is 28.8 Å². The second kappa shape index (κ2) is 10.2. The standard InChI is InChI=1S/C21H27N3O3S/c1-27-15-20(25)23-16-9-12-24(13-10-16)19-7-3-2-6-18(19)21(26)22-11-8-17-5-4-14-28-17/h2-7,14,16H,8-13,15H2,1H3,(H,22,26)(H,23,25). The summed E-state index contributed by atoms with van der Waals surface area (Å²) in [4.78, 5) is 27.9. The minimum atomic E-state index is -0.0773. The molecule has 7 heteroatoms. The summed E-state index contributed by atoms with van der Waals surface area (Å²) < 4.78 is 4.87. The van der Waals surface area contributed by atoms with E-state index in [0.29, 0.717) is 12.1 Å². The van der Waals surface area contributed by atoms with Gasteiger partial charge >= 0.3 is 0 Å². The Hall–Kier alpha value is -2.38. The number of anilines is 1. The number of hydrogen-bond donors (Lipinski definition) is 2. The summed E-state index contributed by atoms with van der Waals surface area (Å²) in [5.41, 5.74) is 1.66. The number of benzene rings is 1. The van der Waals surface area contributed by atoms with Crippen LogP contribution in [0.4, 0.5) is 5.69 Å². The highest BCUT2D eigenvalue weighted by molar-refractivity contribution is 7.09. The lowest BCUT2D eigenvalue weighted by Gasteiger charge is -2.34. The van der Waals surface area contributed by atoms with Crippen LogP contribution in [-0.2, 0) is 16.0 Å². The Morgan fingerprint density at radius 3 is 2.68 bits per heavy atom. The van der Waals surface area contributed by atoms with Gasteiger partial charge < -0.3 is 20.3 Å². The third-order valence-corrected chi connectivity index (χ3v) is 5.80. The average Bonchev–Trinajstić information content (AvgIpc) is 3.22. The first-order valence-electron chi connectivity index (χ1n) is 9.60. The summed E-state index contributed by atoms with van der Waals surface area (Å²) in [6.45, 7) is 2.32. The first kappa shape index (κ1) is 20.4. The van der Waals surface area contributed by atoms with E-state index in [9.17, 15) is 9.59 Å². The van der Waals surface area contributed by atoms with Gasteiger partial charge in [-0.15, -0.1) is 11.3 Å². The van der Waals surface area contributed by atoms with Gasteiger partial charge in [-0.25, -0.2) is 0 Å². The monoisotopic (exact) mass is 401 g/mol. The Kier molecular flexibility index (Phi) is 7.45. The minimum absolute atomic E-state index is 0.0392. The topological polar surface area (TPSA) is 70.7 Å². The number of amides is 2. The Balaban J connectivity index is 1.55. The van der Waals surface area contributed by atoms with Gasteiger partial charge in [-0.3, -0.25) is 9.59 Å². The highest BCUT2D eigenvalue weighted by atomic mass is 32.1. The maximum Gasteiger partial charge on any atom is 0.253 e. The lowest BCUT2D eigenvalue weighted by molar-refractivity contribution is -0.125. The van der Waals surface area contributed by atoms with Gasteiger partial charge in [0.25, 0.3) is 5.91 Å². The number of ether oxygens (including phenoxy) is 1. The molecule has 0 radical (unpaired) electrons. The molecule has 1 aromatic heterocycles. The van der Waals surface area contributed by atoms with Crippen LogP contribution in [0.3, 0.4) is 0 Å². The van der Waals surface area contributed by atoms with Crippen molar-refractivity contribution in [1.29, 1.82) is 0 Å². The SMILES string of the molecule is COCC(=O)NC1CCN(c2ccccc2C(=O)NCCc2cccs2)CC1. The quantitative estimate of drug-likeness (QED) is 0.713. The number of rotatable bonds is 8. The van der Waals surface area contributed by atoms with Crippen LogP contribution in [0.2, 0.25) is 0 Å².